The van der Waals surface area contributed by atoms with Crippen LogP contribution in [0.5, 0.6) is 0 Å². The van der Waals surface area contributed by atoms with Gasteiger partial charge >= 0.3 is 0 Å². The van der Waals surface area contributed by atoms with Crippen molar-refractivity contribution < 1.29 is 13.2 Å². The van der Waals surface area contributed by atoms with Crippen LogP contribution in [0.2, 0.25) is 5.02 Å². The van der Waals surface area contributed by atoms with Crippen LogP contribution in [0.25, 0.3) is 6.08 Å². The van der Waals surface area contributed by atoms with Crippen LogP contribution in [0.4, 0.5) is 0 Å². The molecular weight excluding hydrogens is 506 g/mol. The smallest absolute Gasteiger partial charge is 0.243 e. The van der Waals surface area contributed by atoms with E-state index in [-0.39, 0.29) is 23.9 Å². The molecule has 1 aliphatic rings. The van der Waals surface area contributed by atoms with Crippen molar-refractivity contribution in [1.82, 2.24) is 14.1 Å². The first kappa shape index (κ1) is 27.1. The lowest BCUT2D eigenvalue weighted by atomic mass is 10.1. The minimum absolute atomic E-state index is 0.132. The maximum Gasteiger partial charge on any atom is 0.243 e. The summed E-state index contributed by atoms with van der Waals surface area (Å²) in [6.45, 7) is 3.48. The molecule has 6 nitrogen and oxygen atoms in total. The molecule has 8 heteroatoms. The van der Waals surface area contributed by atoms with E-state index in [1.54, 1.807) is 17.0 Å². The predicted molar refractivity (Wildman–Crippen MR) is 149 cm³/mol. The Labute approximate surface area is 224 Å². The lowest BCUT2D eigenvalue weighted by Gasteiger charge is -2.35. The molecule has 1 aliphatic heterocycles. The fraction of sp³-hybridized carbons (Fsp3) is 0.276. The number of amides is 1. The van der Waals surface area contributed by atoms with E-state index in [2.05, 4.69) is 29.2 Å². The third-order valence-electron chi connectivity index (χ3n) is 6.45. The third kappa shape index (κ3) is 7.76. The van der Waals surface area contributed by atoms with E-state index >= 15 is 0 Å². The summed E-state index contributed by atoms with van der Waals surface area (Å²) >= 11 is 5.97. The van der Waals surface area contributed by atoms with Crippen LogP contribution < -0.4 is 0 Å². The van der Waals surface area contributed by atoms with Crippen molar-refractivity contribution in [2.24, 2.45) is 0 Å². The Kier molecular flexibility index (Phi) is 9.52. The molecule has 1 amide bonds. The molecule has 1 heterocycles. The maximum atomic E-state index is 13.5. The van der Waals surface area contributed by atoms with E-state index in [4.69, 9.17) is 11.6 Å². The van der Waals surface area contributed by atoms with Crippen molar-refractivity contribution in [1.29, 1.82) is 0 Å². The molecule has 0 atom stereocenters. The Morgan fingerprint density at radius 2 is 1.49 bits per heavy atom. The second-order valence-electron chi connectivity index (χ2n) is 9.02. The number of halogens is 1. The standard InChI is InChI=1S/C29H32ClN3O3S/c30-27-13-15-28(16-14-27)37(35,36)33(19-17-26-10-5-2-6-11-26)24-29(34)32-22-20-31(21-23-32)18-7-12-25-8-3-1-4-9-25/h1-16H,17-24H2/b12-7+. The molecule has 1 fully saturated rings. The van der Waals surface area contributed by atoms with E-state index in [1.165, 1.54) is 16.4 Å². The molecular formula is C29H32ClN3O3S. The van der Waals surface area contributed by atoms with Gasteiger partial charge in [-0.2, -0.15) is 4.31 Å². The van der Waals surface area contributed by atoms with E-state index in [9.17, 15) is 13.2 Å². The first-order valence-corrected chi connectivity index (χ1v) is 14.2. The highest BCUT2D eigenvalue weighted by Crippen LogP contribution is 2.20. The van der Waals surface area contributed by atoms with Gasteiger partial charge in [-0.05, 0) is 41.8 Å². The Morgan fingerprint density at radius 3 is 2.14 bits per heavy atom. The SMILES string of the molecule is O=C(CN(CCc1ccccc1)S(=O)(=O)c1ccc(Cl)cc1)N1CCN(C/C=C/c2ccccc2)CC1. The number of rotatable bonds is 10. The summed E-state index contributed by atoms with van der Waals surface area (Å²) in [6, 6.07) is 25.9. The van der Waals surface area contributed by atoms with Crippen LogP contribution in [-0.4, -0.2) is 74.2 Å². The number of sulfonamides is 1. The Hall–Kier alpha value is -2.97. The van der Waals surface area contributed by atoms with Gasteiger partial charge in [0, 0.05) is 44.3 Å². The number of nitrogens with zero attached hydrogens (tertiary/aromatic N) is 3. The number of hydrogen-bond acceptors (Lipinski definition) is 4. The molecule has 0 unspecified atom stereocenters. The Bertz CT molecular complexity index is 1270. The van der Waals surface area contributed by atoms with E-state index < -0.39 is 10.0 Å². The first-order valence-electron chi connectivity index (χ1n) is 12.4. The monoisotopic (exact) mass is 537 g/mol. The van der Waals surface area contributed by atoms with Crippen molar-refractivity contribution in [3.8, 4) is 0 Å². The zero-order valence-corrected chi connectivity index (χ0v) is 22.3. The van der Waals surface area contributed by atoms with Crippen molar-refractivity contribution >= 4 is 33.6 Å². The molecule has 3 aromatic rings. The topological polar surface area (TPSA) is 60.9 Å². The van der Waals surface area contributed by atoms with Crippen molar-refractivity contribution in [3.05, 3.63) is 107 Å². The number of carbonyl (C=O) groups excluding carboxylic acids is 1. The molecule has 0 aromatic heterocycles. The summed E-state index contributed by atoms with van der Waals surface area (Å²) in [4.78, 5) is 17.4. The van der Waals surface area contributed by atoms with Crippen LogP contribution >= 0.6 is 11.6 Å². The molecule has 37 heavy (non-hydrogen) atoms. The summed E-state index contributed by atoms with van der Waals surface area (Å²) in [5.74, 6) is -0.176. The third-order valence-corrected chi connectivity index (χ3v) is 8.57. The quantitative estimate of drug-likeness (QED) is 0.384. The van der Waals surface area contributed by atoms with Gasteiger partial charge in [0.15, 0.2) is 0 Å². The zero-order valence-electron chi connectivity index (χ0n) is 20.7. The van der Waals surface area contributed by atoms with Gasteiger partial charge in [-0.25, -0.2) is 8.42 Å². The average Bonchev–Trinajstić information content (AvgIpc) is 2.92. The van der Waals surface area contributed by atoms with E-state index in [0.29, 0.717) is 24.5 Å². The zero-order chi connectivity index (χ0) is 26.1. The van der Waals surface area contributed by atoms with Gasteiger partial charge < -0.3 is 4.90 Å². The highest BCUT2D eigenvalue weighted by molar-refractivity contribution is 7.89. The molecule has 1 saturated heterocycles. The molecule has 0 N–H and O–H groups in total. The minimum atomic E-state index is -3.86. The molecule has 0 bridgehead atoms. The normalized spacial score (nSPS) is 14.9. The molecule has 0 radical (unpaired) electrons. The van der Waals surface area contributed by atoms with Gasteiger partial charge in [-0.3, -0.25) is 9.69 Å². The summed E-state index contributed by atoms with van der Waals surface area (Å²) in [6.07, 6.45) is 4.75. The van der Waals surface area contributed by atoms with Crippen molar-refractivity contribution in [3.63, 3.8) is 0 Å². The molecule has 3 aromatic carbocycles. The maximum absolute atomic E-state index is 13.5. The second-order valence-corrected chi connectivity index (χ2v) is 11.4. The van der Waals surface area contributed by atoms with Crippen LogP contribution in [0, 0.1) is 0 Å². The summed E-state index contributed by atoms with van der Waals surface area (Å²) in [5, 5.41) is 0.461. The summed E-state index contributed by atoms with van der Waals surface area (Å²) in [5.41, 5.74) is 2.18. The molecule has 0 saturated carbocycles. The van der Waals surface area contributed by atoms with Gasteiger partial charge in [-0.15, -0.1) is 0 Å². The van der Waals surface area contributed by atoms with E-state index in [1.807, 2.05) is 48.5 Å². The molecule has 4 rings (SSSR count). The van der Waals surface area contributed by atoms with Gasteiger partial charge in [0.1, 0.15) is 0 Å². The van der Waals surface area contributed by atoms with Gasteiger partial charge in [0.25, 0.3) is 0 Å². The van der Waals surface area contributed by atoms with Crippen LogP contribution in [0.15, 0.2) is 95.9 Å². The Balaban J connectivity index is 1.37. The first-order chi connectivity index (χ1) is 17.9. The van der Waals surface area contributed by atoms with Crippen LogP contribution in [0.1, 0.15) is 11.1 Å². The fourth-order valence-electron chi connectivity index (χ4n) is 4.27. The van der Waals surface area contributed by atoms with Gasteiger partial charge in [0.2, 0.25) is 15.9 Å². The Morgan fingerprint density at radius 1 is 0.865 bits per heavy atom. The van der Waals surface area contributed by atoms with E-state index in [0.717, 1.165) is 30.8 Å². The fourth-order valence-corrected chi connectivity index (χ4v) is 5.79. The summed E-state index contributed by atoms with van der Waals surface area (Å²) < 4.78 is 28.2. The number of hydrogen-bond donors (Lipinski definition) is 0. The predicted octanol–water partition coefficient (Wildman–Crippen LogP) is 4.43. The lowest BCUT2D eigenvalue weighted by molar-refractivity contribution is -0.133. The highest BCUT2D eigenvalue weighted by Gasteiger charge is 2.29. The molecule has 0 spiro atoms. The largest absolute Gasteiger partial charge is 0.339 e. The summed E-state index contributed by atoms with van der Waals surface area (Å²) in [7, 11) is -3.86. The average molecular weight is 538 g/mol. The second kappa shape index (κ2) is 13.0. The molecule has 194 valence electrons. The number of piperazine rings is 1. The number of benzene rings is 3. The van der Waals surface area contributed by atoms with Gasteiger partial charge in [0.05, 0.1) is 11.4 Å². The minimum Gasteiger partial charge on any atom is -0.339 e. The van der Waals surface area contributed by atoms with Crippen LogP contribution in [0.3, 0.4) is 0 Å². The van der Waals surface area contributed by atoms with Gasteiger partial charge in [-0.1, -0.05) is 84.4 Å². The highest BCUT2D eigenvalue weighted by atomic mass is 35.5. The lowest BCUT2D eigenvalue weighted by Crippen LogP contribution is -2.51. The molecule has 0 aliphatic carbocycles. The van der Waals surface area contributed by atoms with Crippen molar-refractivity contribution in [2.75, 3.05) is 45.8 Å². The van der Waals surface area contributed by atoms with Crippen molar-refractivity contribution in [2.45, 2.75) is 11.3 Å². The van der Waals surface area contributed by atoms with Crippen LogP contribution in [-0.2, 0) is 21.2 Å². The number of carbonyl (C=O) groups is 1.